The summed E-state index contributed by atoms with van der Waals surface area (Å²) in [5.74, 6) is -1.58. The molecule has 2 N–H and O–H groups in total. The SMILES string of the molecule is COc1cc2cc(c1Cl)N(C)C(=O)CC(OC(=O)[C@H](C)N(C)C(=O)CCC(C)(C)S)[C@@]1(C)O[C@@H]1C(C)C1CC(O)(NC(=O)O1)C(OC)/C=C/C=C(\C)C2. The minimum atomic E-state index is -1.83. The highest BCUT2D eigenvalue weighted by Crippen LogP contribution is 2.49. The number of methoxy groups -OCH3 is 2. The van der Waals surface area contributed by atoms with Crippen molar-refractivity contribution in [1.82, 2.24) is 10.2 Å². The molecule has 1 aromatic carbocycles. The number of epoxide rings is 1. The molecule has 0 aliphatic carbocycles. The number of benzene rings is 1. The Labute approximate surface area is 322 Å². The molecule has 0 spiro atoms. The van der Waals surface area contributed by atoms with Gasteiger partial charge in [0.1, 0.15) is 40.7 Å². The molecule has 0 aromatic heterocycles. The van der Waals surface area contributed by atoms with Crippen molar-refractivity contribution in [2.45, 2.75) is 120 Å². The third kappa shape index (κ3) is 9.88. The minimum absolute atomic E-state index is 0.0509. The Hall–Kier alpha value is -3.30. The lowest BCUT2D eigenvalue weighted by molar-refractivity contribution is -0.162. The van der Waals surface area contributed by atoms with Gasteiger partial charge in [0.25, 0.3) is 0 Å². The van der Waals surface area contributed by atoms with E-state index in [2.05, 4.69) is 17.9 Å². The van der Waals surface area contributed by atoms with Crippen LogP contribution in [0.15, 0.2) is 35.9 Å². The predicted molar refractivity (Wildman–Crippen MR) is 203 cm³/mol. The molecule has 4 bridgehead atoms. The second-order valence-corrected chi connectivity index (χ2v) is 16.8. The van der Waals surface area contributed by atoms with Crippen LogP contribution in [-0.2, 0) is 39.8 Å². The van der Waals surface area contributed by atoms with Gasteiger partial charge < -0.3 is 38.6 Å². The molecule has 8 atom stereocenters. The second-order valence-electron chi connectivity index (χ2n) is 15.2. The van der Waals surface area contributed by atoms with Crippen molar-refractivity contribution in [2.75, 3.05) is 33.2 Å². The number of anilines is 1. The summed E-state index contributed by atoms with van der Waals surface area (Å²) in [4.78, 5) is 56.5. The van der Waals surface area contributed by atoms with Crippen LogP contribution in [0.3, 0.4) is 0 Å². The molecule has 2 saturated heterocycles. The zero-order chi connectivity index (χ0) is 39.6. The van der Waals surface area contributed by atoms with Gasteiger partial charge in [0.2, 0.25) is 11.8 Å². The summed E-state index contributed by atoms with van der Waals surface area (Å²) >= 11 is 11.3. The first-order valence-electron chi connectivity index (χ1n) is 17.7. The summed E-state index contributed by atoms with van der Waals surface area (Å²) in [6.45, 7) is 10.8. The number of amides is 3. The molecular formula is C38H54ClN3O10S. The summed E-state index contributed by atoms with van der Waals surface area (Å²) in [5.41, 5.74) is -0.916. The fourth-order valence-electron chi connectivity index (χ4n) is 6.81. The van der Waals surface area contributed by atoms with Gasteiger partial charge in [-0.05, 0) is 51.3 Å². The van der Waals surface area contributed by atoms with E-state index in [-0.39, 0.29) is 34.9 Å². The summed E-state index contributed by atoms with van der Waals surface area (Å²) < 4.78 is 28.8. The van der Waals surface area contributed by atoms with Crippen LogP contribution < -0.4 is 15.0 Å². The maximum atomic E-state index is 14.1. The lowest BCUT2D eigenvalue weighted by Gasteiger charge is -2.42. The summed E-state index contributed by atoms with van der Waals surface area (Å²) in [7, 11) is 6.02. The van der Waals surface area contributed by atoms with E-state index in [4.69, 9.17) is 35.3 Å². The Kier molecular flexibility index (Phi) is 13.3. The molecule has 3 amide bonds. The molecule has 3 aliphatic rings. The zero-order valence-corrected chi connectivity index (χ0v) is 33.9. The van der Waals surface area contributed by atoms with Crippen molar-refractivity contribution in [3.05, 3.63) is 46.5 Å². The van der Waals surface area contributed by atoms with E-state index >= 15 is 0 Å². The molecule has 0 radical (unpaired) electrons. The monoisotopic (exact) mass is 779 g/mol. The number of nitrogens with one attached hydrogen (secondary N) is 1. The Morgan fingerprint density at radius 1 is 1.26 bits per heavy atom. The van der Waals surface area contributed by atoms with Gasteiger partial charge in [-0.15, -0.1) is 0 Å². The molecule has 2 fully saturated rings. The quantitative estimate of drug-likeness (QED) is 0.187. The first kappa shape index (κ1) is 42.4. The number of rotatable bonds is 8. The lowest BCUT2D eigenvalue weighted by Crippen LogP contribution is -2.63. The molecule has 0 saturated carbocycles. The normalized spacial score (nSPS) is 31.5. The average molecular weight is 780 g/mol. The van der Waals surface area contributed by atoms with Crippen molar-refractivity contribution >= 4 is 53.8 Å². The van der Waals surface area contributed by atoms with Crippen molar-refractivity contribution in [3.63, 3.8) is 0 Å². The van der Waals surface area contributed by atoms with E-state index in [0.717, 1.165) is 11.1 Å². The molecule has 4 rings (SSSR count). The van der Waals surface area contributed by atoms with Gasteiger partial charge in [-0.1, -0.05) is 56.2 Å². The number of allylic oxidation sites excluding steroid dienone is 3. The van der Waals surface area contributed by atoms with E-state index < -0.39 is 65.7 Å². The molecule has 5 unspecified atom stereocenters. The number of halogens is 1. The Balaban J connectivity index is 1.74. The van der Waals surface area contributed by atoms with Crippen LogP contribution in [0.5, 0.6) is 5.75 Å². The Bertz CT molecular complexity index is 1630. The first-order chi connectivity index (χ1) is 24.6. The number of esters is 1. The van der Waals surface area contributed by atoms with Gasteiger partial charge >= 0.3 is 12.1 Å². The van der Waals surface area contributed by atoms with Crippen LogP contribution in [-0.4, -0.2) is 109 Å². The standard InChI is InChI=1S/C38H54ClN3O10S/c1-21-12-11-13-28(49-10)38(47)20-27(50-35(46)40-38)22(2)33-37(6,52-33)29(51-34(45)23(3)41(7)30(43)14-15-36(4,5)53)19-31(44)42(8)25-17-24(16-21)18-26(48-9)32(25)39/h11-13,17-18,22-23,27-29,33,47,53H,14-16,19-20H2,1-10H3,(H,40,46)/b13-11+,21-12+/t22?,23-,27?,28?,29?,33+,37+,38?/m0/s1. The number of fused-ring (bicyclic) bond motifs is 5. The summed E-state index contributed by atoms with van der Waals surface area (Å²) in [6.07, 6.45) is 1.61. The largest absolute Gasteiger partial charge is 0.495 e. The number of hydrogen-bond acceptors (Lipinski definition) is 11. The first-order valence-corrected chi connectivity index (χ1v) is 18.5. The molecule has 1 aromatic rings. The number of alkyl carbamates (subject to hydrolysis) is 1. The topological polar surface area (TPSA) is 156 Å². The van der Waals surface area contributed by atoms with Crippen molar-refractivity contribution in [1.29, 1.82) is 0 Å². The van der Waals surface area contributed by atoms with E-state index in [0.29, 0.717) is 24.3 Å². The number of aliphatic hydroxyl groups is 1. The second kappa shape index (κ2) is 16.6. The highest BCUT2D eigenvalue weighted by molar-refractivity contribution is 7.81. The molecule has 15 heteroatoms. The zero-order valence-electron chi connectivity index (χ0n) is 32.2. The number of likely N-dealkylation sites (N-methyl/N-ethyl adjacent to an activating group) is 1. The smallest absolute Gasteiger partial charge is 0.409 e. The number of hydrogen-bond donors (Lipinski definition) is 3. The summed E-state index contributed by atoms with van der Waals surface area (Å²) in [5, 5.41) is 14.5. The highest BCUT2D eigenvalue weighted by atomic mass is 35.5. The van der Waals surface area contributed by atoms with Crippen LogP contribution in [0.1, 0.15) is 72.8 Å². The van der Waals surface area contributed by atoms with Crippen molar-refractivity contribution < 1.29 is 48.0 Å². The van der Waals surface area contributed by atoms with Crippen molar-refractivity contribution in [3.8, 4) is 5.75 Å². The minimum Gasteiger partial charge on any atom is -0.495 e. The van der Waals surface area contributed by atoms with Gasteiger partial charge in [0, 0.05) is 44.7 Å². The Morgan fingerprint density at radius 2 is 1.94 bits per heavy atom. The van der Waals surface area contributed by atoms with Crippen LogP contribution in [0.25, 0.3) is 0 Å². The van der Waals surface area contributed by atoms with E-state index in [1.807, 2.05) is 26.8 Å². The maximum absolute atomic E-state index is 14.1. The fraction of sp³-hybridized carbons (Fsp3) is 0.632. The van der Waals surface area contributed by atoms with Crippen LogP contribution in [0.4, 0.5) is 10.5 Å². The van der Waals surface area contributed by atoms with Crippen LogP contribution >= 0.6 is 24.2 Å². The summed E-state index contributed by atoms with van der Waals surface area (Å²) in [6, 6.07) is 2.60. The number of ether oxygens (including phenoxy) is 5. The van der Waals surface area contributed by atoms with E-state index in [1.165, 1.54) is 31.1 Å². The predicted octanol–water partition coefficient (Wildman–Crippen LogP) is 5.00. The molecule has 294 valence electrons. The highest BCUT2D eigenvalue weighted by Gasteiger charge is 2.64. The maximum Gasteiger partial charge on any atom is 0.409 e. The van der Waals surface area contributed by atoms with Crippen molar-refractivity contribution in [2.24, 2.45) is 5.92 Å². The molecule has 3 aliphatic heterocycles. The molecule has 53 heavy (non-hydrogen) atoms. The van der Waals surface area contributed by atoms with Crippen LogP contribution in [0, 0.1) is 5.92 Å². The Morgan fingerprint density at radius 3 is 2.57 bits per heavy atom. The van der Waals surface area contributed by atoms with Crippen LogP contribution in [0.2, 0.25) is 5.02 Å². The third-order valence-corrected chi connectivity index (χ3v) is 11.1. The average Bonchev–Trinajstić information content (AvgIpc) is 3.78. The van der Waals surface area contributed by atoms with Gasteiger partial charge in [-0.25, -0.2) is 9.59 Å². The molecular weight excluding hydrogens is 726 g/mol. The number of nitrogens with zero attached hydrogens (tertiary/aromatic N) is 2. The lowest BCUT2D eigenvalue weighted by atomic mass is 9.83. The molecule has 3 heterocycles. The van der Waals surface area contributed by atoms with Gasteiger partial charge in [-0.2, -0.15) is 12.6 Å². The fourth-order valence-corrected chi connectivity index (χ4v) is 7.23. The number of carbonyl (C=O) groups excluding carboxylic acids is 4. The van der Waals surface area contributed by atoms with E-state index in [9.17, 15) is 24.3 Å². The number of thiol groups is 1. The van der Waals surface area contributed by atoms with E-state index in [1.54, 1.807) is 52.1 Å². The van der Waals surface area contributed by atoms with Gasteiger partial charge in [-0.3, -0.25) is 14.9 Å². The third-order valence-electron chi connectivity index (χ3n) is 10.5. The van der Waals surface area contributed by atoms with Gasteiger partial charge in [0.05, 0.1) is 25.3 Å². The van der Waals surface area contributed by atoms with Gasteiger partial charge in [0.15, 0.2) is 5.72 Å². The number of carbonyl (C=O) groups is 4. The molecule has 13 nitrogen and oxygen atoms in total.